The summed E-state index contributed by atoms with van der Waals surface area (Å²) in [5.74, 6) is 0.117. The molecule has 3 heteroatoms. The molecule has 1 fully saturated rings. The number of nitrogens with zero attached hydrogens (tertiary/aromatic N) is 1. The molecule has 1 aliphatic rings. The van der Waals surface area contributed by atoms with E-state index < -0.39 is 0 Å². The molecular weight excluding hydrogens is 190 g/mol. The minimum atomic E-state index is 0.117. The van der Waals surface area contributed by atoms with Crippen LogP contribution >= 0.6 is 0 Å². The zero-order chi connectivity index (χ0) is 10.5. The fourth-order valence-electron chi connectivity index (χ4n) is 1.82. The van der Waals surface area contributed by atoms with E-state index in [4.69, 9.17) is 4.74 Å². The summed E-state index contributed by atoms with van der Waals surface area (Å²) in [6.07, 6.45) is 5.53. The van der Waals surface area contributed by atoms with E-state index in [2.05, 4.69) is 4.98 Å². The first-order valence-electron chi connectivity index (χ1n) is 5.42. The number of aromatic nitrogens is 1. The van der Waals surface area contributed by atoms with Crippen molar-refractivity contribution >= 4 is 5.78 Å². The van der Waals surface area contributed by atoms with E-state index in [1.807, 2.05) is 12.1 Å². The number of Topliss-reactive ketones (excluding diaryl/α,β-unsaturated/α-hetero) is 1. The SMILES string of the molecule is O=C(CCC1CCCO1)c1ccccn1. The third kappa shape index (κ3) is 2.86. The zero-order valence-corrected chi connectivity index (χ0v) is 8.69. The van der Waals surface area contributed by atoms with Crippen molar-refractivity contribution in [2.75, 3.05) is 6.61 Å². The van der Waals surface area contributed by atoms with Crippen LogP contribution in [0.25, 0.3) is 0 Å². The third-order valence-corrected chi connectivity index (χ3v) is 2.67. The molecular formula is C12H15NO2. The molecule has 2 heterocycles. The molecule has 1 saturated heterocycles. The first-order chi connectivity index (χ1) is 7.36. The average molecular weight is 205 g/mol. The highest BCUT2D eigenvalue weighted by Gasteiger charge is 2.17. The molecule has 0 aromatic carbocycles. The minimum Gasteiger partial charge on any atom is -0.378 e. The lowest BCUT2D eigenvalue weighted by molar-refractivity contribution is 0.0856. The number of carbonyl (C=O) groups is 1. The molecule has 0 radical (unpaired) electrons. The molecule has 2 rings (SSSR count). The van der Waals surface area contributed by atoms with Crippen LogP contribution in [0.5, 0.6) is 0 Å². The van der Waals surface area contributed by atoms with Gasteiger partial charge in [-0.2, -0.15) is 0 Å². The smallest absolute Gasteiger partial charge is 0.181 e. The van der Waals surface area contributed by atoms with Gasteiger partial charge >= 0.3 is 0 Å². The molecule has 1 aliphatic heterocycles. The Hall–Kier alpha value is -1.22. The van der Waals surface area contributed by atoms with Gasteiger partial charge in [-0.05, 0) is 31.4 Å². The van der Waals surface area contributed by atoms with Gasteiger partial charge in [-0.15, -0.1) is 0 Å². The zero-order valence-electron chi connectivity index (χ0n) is 8.69. The molecule has 0 saturated carbocycles. The molecule has 1 atom stereocenters. The fourth-order valence-corrected chi connectivity index (χ4v) is 1.82. The van der Waals surface area contributed by atoms with Crippen molar-refractivity contribution in [3.63, 3.8) is 0 Å². The molecule has 0 amide bonds. The van der Waals surface area contributed by atoms with E-state index in [-0.39, 0.29) is 11.9 Å². The summed E-state index contributed by atoms with van der Waals surface area (Å²) in [5, 5.41) is 0. The van der Waals surface area contributed by atoms with Gasteiger partial charge in [0.1, 0.15) is 5.69 Å². The van der Waals surface area contributed by atoms with Crippen LogP contribution in [0.2, 0.25) is 0 Å². The number of ketones is 1. The third-order valence-electron chi connectivity index (χ3n) is 2.67. The van der Waals surface area contributed by atoms with Gasteiger partial charge in [-0.3, -0.25) is 9.78 Å². The first kappa shape index (κ1) is 10.3. The number of hydrogen-bond donors (Lipinski definition) is 0. The van der Waals surface area contributed by atoms with Gasteiger partial charge in [0.05, 0.1) is 6.10 Å². The number of pyridine rings is 1. The average Bonchev–Trinajstić information content (AvgIpc) is 2.80. The lowest BCUT2D eigenvalue weighted by Gasteiger charge is -2.07. The van der Waals surface area contributed by atoms with Crippen molar-refractivity contribution in [1.82, 2.24) is 4.98 Å². The van der Waals surface area contributed by atoms with Gasteiger partial charge in [0.25, 0.3) is 0 Å². The maximum Gasteiger partial charge on any atom is 0.181 e. The van der Waals surface area contributed by atoms with Gasteiger partial charge in [0, 0.05) is 19.2 Å². The molecule has 0 N–H and O–H groups in total. The van der Waals surface area contributed by atoms with Crippen LogP contribution in [-0.2, 0) is 4.74 Å². The number of carbonyl (C=O) groups excluding carboxylic acids is 1. The maximum atomic E-state index is 11.7. The number of rotatable bonds is 4. The van der Waals surface area contributed by atoms with Crippen LogP contribution in [0, 0.1) is 0 Å². The summed E-state index contributed by atoms with van der Waals surface area (Å²) >= 11 is 0. The quantitative estimate of drug-likeness (QED) is 0.707. The normalized spacial score (nSPS) is 20.4. The Balaban J connectivity index is 1.82. The molecule has 0 bridgehead atoms. The lowest BCUT2D eigenvalue weighted by atomic mass is 10.1. The molecule has 1 aromatic rings. The van der Waals surface area contributed by atoms with E-state index in [1.54, 1.807) is 12.3 Å². The van der Waals surface area contributed by atoms with Crippen molar-refractivity contribution in [2.45, 2.75) is 31.8 Å². The Bertz CT molecular complexity index is 318. The Morgan fingerprint density at radius 2 is 2.47 bits per heavy atom. The fraction of sp³-hybridized carbons (Fsp3) is 0.500. The monoisotopic (exact) mass is 205 g/mol. The van der Waals surface area contributed by atoms with Gasteiger partial charge in [-0.1, -0.05) is 6.07 Å². The largest absolute Gasteiger partial charge is 0.378 e. The van der Waals surface area contributed by atoms with Crippen molar-refractivity contribution < 1.29 is 9.53 Å². The summed E-state index contributed by atoms with van der Waals surface area (Å²) in [5.41, 5.74) is 0.565. The molecule has 3 nitrogen and oxygen atoms in total. The summed E-state index contributed by atoms with van der Waals surface area (Å²) in [4.78, 5) is 15.7. The van der Waals surface area contributed by atoms with E-state index in [0.29, 0.717) is 12.1 Å². The first-order valence-corrected chi connectivity index (χ1v) is 5.42. The Kier molecular flexibility index (Phi) is 3.45. The summed E-state index contributed by atoms with van der Waals surface area (Å²) in [6.45, 7) is 0.850. The molecule has 80 valence electrons. The Morgan fingerprint density at radius 1 is 1.53 bits per heavy atom. The van der Waals surface area contributed by atoms with Gasteiger partial charge in [0.15, 0.2) is 5.78 Å². The number of hydrogen-bond acceptors (Lipinski definition) is 3. The van der Waals surface area contributed by atoms with Crippen LogP contribution in [0.1, 0.15) is 36.2 Å². The topological polar surface area (TPSA) is 39.2 Å². The molecule has 1 unspecified atom stereocenters. The van der Waals surface area contributed by atoms with E-state index in [0.717, 1.165) is 25.9 Å². The second-order valence-corrected chi connectivity index (χ2v) is 3.81. The number of ether oxygens (including phenoxy) is 1. The van der Waals surface area contributed by atoms with Crippen LogP contribution in [-0.4, -0.2) is 23.5 Å². The van der Waals surface area contributed by atoms with Crippen LogP contribution < -0.4 is 0 Å². The lowest BCUT2D eigenvalue weighted by Crippen LogP contribution is -2.09. The highest BCUT2D eigenvalue weighted by atomic mass is 16.5. The summed E-state index contributed by atoms with van der Waals surface area (Å²) in [6, 6.07) is 5.42. The van der Waals surface area contributed by atoms with Crippen molar-refractivity contribution in [2.24, 2.45) is 0 Å². The predicted octanol–water partition coefficient (Wildman–Crippen LogP) is 2.22. The van der Waals surface area contributed by atoms with Gasteiger partial charge < -0.3 is 4.74 Å². The second kappa shape index (κ2) is 5.03. The van der Waals surface area contributed by atoms with E-state index >= 15 is 0 Å². The minimum absolute atomic E-state index is 0.117. The van der Waals surface area contributed by atoms with E-state index in [1.165, 1.54) is 0 Å². The molecule has 0 spiro atoms. The summed E-state index contributed by atoms with van der Waals surface area (Å²) in [7, 11) is 0. The van der Waals surface area contributed by atoms with Crippen molar-refractivity contribution in [3.8, 4) is 0 Å². The van der Waals surface area contributed by atoms with Crippen LogP contribution in [0.4, 0.5) is 0 Å². The van der Waals surface area contributed by atoms with Gasteiger partial charge in [-0.25, -0.2) is 0 Å². The maximum absolute atomic E-state index is 11.7. The van der Waals surface area contributed by atoms with E-state index in [9.17, 15) is 4.79 Å². The van der Waals surface area contributed by atoms with Crippen LogP contribution in [0.15, 0.2) is 24.4 Å². The highest BCUT2D eigenvalue weighted by Crippen LogP contribution is 2.17. The molecule has 15 heavy (non-hydrogen) atoms. The second-order valence-electron chi connectivity index (χ2n) is 3.81. The standard InChI is InChI=1S/C12H15NO2/c14-12(11-5-1-2-8-13-11)7-6-10-4-3-9-15-10/h1-2,5,8,10H,3-4,6-7,9H2. The molecule has 0 aliphatic carbocycles. The Labute approximate surface area is 89.5 Å². The van der Waals surface area contributed by atoms with Crippen molar-refractivity contribution in [1.29, 1.82) is 0 Å². The highest BCUT2D eigenvalue weighted by molar-refractivity contribution is 5.94. The Morgan fingerprint density at radius 3 is 3.13 bits per heavy atom. The van der Waals surface area contributed by atoms with Crippen molar-refractivity contribution in [3.05, 3.63) is 30.1 Å². The predicted molar refractivity (Wildman–Crippen MR) is 56.8 cm³/mol. The summed E-state index contributed by atoms with van der Waals surface area (Å²) < 4.78 is 5.47. The van der Waals surface area contributed by atoms with Crippen LogP contribution in [0.3, 0.4) is 0 Å². The van der Waals surface area contributed by atoms with Gasteiger partial charge in [0.2, 0.25) is 0 Å². The molecule has 1 aromatic heterocycles.